The van der Waals surface area contributed by atoms with Crippen LogP contribution in [0.1, 0.15) is 30.6 Å². The van der Waals surface area contributed by atoms with E-state index in [2.05, 4.69) is 10.6 Å². The number of carboxylic acids is 1. The Balaban J connectivity index is 0.00000324. The van der Waals surface area contributed by atoms with Gasteiger partial charge in [0, 0.05) is 24.9 Å². The van der Waals surface area contributed by atoms with E-state index >= 15 is 0 Å². The van der Waals surface area contributed by atoms with Gasteiger partial charge < -0.3 is 26.8 Å². The second kappa shape index (κ2) is 12.0. The molecule has 0 bridgehead atoms. The fourth-order valence-electron chi connectivity index (χ4n) is 4.03. The van der Waals surface area contributed by atoms with Crippen molar-refractivity contribution in [1.82, 2.24) is 15.5 Å². The molecule has 180 valence electrons. The van der Waals surface area contributed by atoms with Gasteiger partial charge in [-0.1, -0.05) is 30.3 Å². The maximum absolute atomic E-state index is 12.8. The molecule has 3 rings (SSSR count). The van der Waals surface area contributed by atoms with Crippen molar-refractivity contribution in [3.63, 3.8) is 0 Å². The molecule has 2 aromatic rings. The van der Waals surface area contributed by atoms with E-state index in [-0.39, 0.29) is 31.0 Å². The van der Waals surface area contributed by atoms with Crippen molar-refractivity contribution in [3.05, 3.63) is 65.4 Å². The zero-order valence-electron chi connectivity index (χ0n) is 21.4. The second-order valence-electron chi connectivity index (χ2n) is 8.04. The summed E-state index contributed by atoms with van der Waals surface area (Å²) < 4.78 is 5.50. The first-order valence-corrected chi connectivity index (χ1v) is 10.6. The summed E-state index contributed by atoms with van der Waals surface area (Å²) in [5.74, 6) is -1.88. The Morgan fingerprint density at radius 2 is 1.83 bits per heavy atom. The largest absolute Gasteiger partial charge is 1.00 e. The number of amides is 3. The molecule has 3 N–H and O–H groups in total. The van der Waals surface area contributed by atoms with Gasteiger partial charge in [0.05, 0.1) is 19.6 Å². The molecule has 9 nitrogen and oxygen atoms in total. The first-order chi connectivity index (χ1) is 16.1. The third-order valence-electron chi connectivity index (χ3n) is 5.78. The number of nitrogens with one attached hydrogen (secondary N) is 2. The van der Waals surface area contributed by atoms with Gasteiger partial charge in [-0.05, 0) is 42.2 Å². The molecule has 0 saturated carbocycles. The Morgan fingerprint density at radius 1 is 1.14 bits per heavy atom. The Hall–Kier alpha value is -3.14. The first kappa shape index (κ1) is 28.1. The molecule has 0 fully saturated rings. The zero-order valence-corrected chi connectivity index (χ0v) is 22.4. The van der Waals surface area contributed by atoms with E-state index < -0.39 is 42.2 Å². The van der Waals surface area contributed by atoms with Crippen LogP contribution in [0.3, 0.4) is 0 Å². The van der Waals surface area contributed by atoms with E-state index in [1.54, 1.807) is 6.07 Å². The maximum Gasteiger partial charge on any atom is 1.00 e. The number of rotatable bonds is 7. The molecule has 1 aliphatic heterocycles. The fraction of sp³-hybridized carbons (Fsp3) is 0.280. The molecule has 35 heavy (non-hydrogen) atoms. The van der Waals surface area contributed by atoms with Gasteiger partial charge in [0.15, 0.2) is 11.8 Å². The molecule has 0 aromatic heterocycles. The van der Waals surface area contributed by atoms with Crippen molar-refractivity contribution in [2.45, 2.75) is 32.4 Å². The number of carboxylic acid groups (broad SMARTS) is 1. The van der Waals surface area contributed by atoms with E-state index in [0.717, 1.165) is 22.3 Å². The molecule has 1 heterocycles. The number of urea groups is 1. The van der Waals surface area contributed by atoms with Gasteiger partial charge in [-0.15, -0.1) is 0 Å². The van der Waals surface area contributed by atoms with Crippen molar-refractivity contribution >= 4 is 23.7 Å². The van der Waals surface area contributed by atoms with Crippen molar-refractivity contribution in [3.8, 4) is 16.9 Å². The SMILES string of the molecule is COc1ccc(-c2ccccc2C)c(C)c1C(CC(=O)O)NC(=O)NC1C(=O)C=CN(C)C1=O.[H-].[Na+]. The average molecular weight is 490 g/mol. The Kier molecular flexibility index (Phi) is 9.64. The normalized spacial score (nSPS) is 15.8. The summed E-state index contributed by atoms with van der Waals surface area (Å²) in [5.41, 5.74) is 4.12. The molecule has 10 heteroatoms. The van der Waals surface area contributed by atoms with E-state index in [9.17, 15) is 24.3 Å². The molecule has 0 radical (unpaired) electrons. The fourth-order valence-corrected chi connectivity index (χ4v) is 4.03. The molecule has 2 atom stereocenters. The monoisotopic (exact) mass is 489 g/mol. The van der Waals surface area contributed by atoms with E-state index in [1.807, 2.05) is 44.2 Å². The Morgan fingerprint density at radius 3 is 2.46 bits per heavy atom. The maximum atomic E-state index is 12.8. The van der Waals surface area contributed by atoms with Crippen LogP contribution in [0.5, 0.6) is 5.75 Å². The smallest absolute Gasteiger partial charge is 1.00 e. The molecule has 2 unspecified atom stereocenters. The predicted molar refractivity (Wildman–Crippen MR) is 126 cm³/mol. The van der Waals surface area contributed by atoms with Gasteiger partial charge >= 0.3 is 41.6 Å². The Bertz CT molecular complexity index is 1190. The van der Waals surface area contributed by atoms with Crippen LogP contribution >= 0.6 is 0 Å². The van der Waals surface area contributed by atoms with Crippen LogP contribution in [0.15, 0.2) is 48.7 Å². The standard InChI is InChI=1S/C25H27N3O6.Na.H/c1-14-7-5-6-8-16(14)17-9-10-20(34-4)22(15(17)2)18(13-21(30)31)26-25(33)27-23-19(29)11-12-28(3)24(23)32;;/h5-12,18,23H,13H2,1-4H3,(H,30,31)(H2,26,27,33);;/q;+1;-1. The van der Waals surface area contributed by atoms with Crippen molar-refractivity contribution < 1.29 is 60.0 Å². The topological polar surface area (TPSA) is 125 Å². The third-order valence-corrected chi connectivity index (χ3v) is 5.78. The molecular formula is C25H28N3NaO6. The minimum atomic E-state index is -1.39. The summed E-state index contributed by atoms with van der Waals surface area (Å²) in [5, 5.41) is 14.5. The molecule has 2 aromatic carbocycles. The number of aliphatic carboxylic acids is 1. The summed E-state index contributed by atoms with van der Waals surface area (Å²) >= 11 is 0. The number of aryl methyl sites for hydroxylation is 1. The number of carbonyl (C=O) groups excluding carboxylic acids is 3. The summed E-state index contributed by atoms with van der Waals surface area (Å²) in [7, 11) is 2.93. The molecule has 0 aliphatic carbocycles. The molecular weight excluding hydrogens is 461 g/mol. The van der Waals surface area contributed by atoms with Crippen LogP contribution < -0.4 is 44.9 Å². The van der Waals surface area contributed by atoms with E-state index in [1.165, 1.54) is 31.3 Å². The summed E-state index contributed by atoms with van der Waals surface area (Å²) in [4.78, 5) is 50.1. The number of hydrogen-bond acceptors (Lipinski definition) is 5. The quantitative estimate of drug-likeness (QED) is 0.367. The number of carbonyl (C=O) groups is 4. The van der Waals surface area contributed by atoms with E-state index in [4.69, 9.17) is 4.74 Å². The van der Waals surface area contributed by atoms with Crippen molar-refractivity contribution in [1.29, 1.82) is 0 Å². The van der Waals surface area contributed by atoms with Gasteiger partial charge in [0.25, 0.3) is 5.91 Å². The van der Waals surface area contributed by atoms with Crippen molar-refractivity contribution in [2.75, 3.05) is 14.2 Å². The zero-order chi connectivity index (χ0) is 25.0. The van der Waals surface area contributed by atoms with Gasteiger partial charge in [0.2, 0.25) is 0 Å². The molecule has 0 spiro atoms. The van der Waals surface area contributed by atoms with Crippen molar-refractivity contribution in [2.24, 2.45) is 0 Å². The summed E-state index contributed by atoms with van der Waals surface area (Å²) in [6.07, 6.45) is 2.08. The van der Waals surface area contributed by atoms with Crippen LogP contribution in [0, 0.1) is 13.8 Å². The van der Waals surface area contributed by atoms with E-state index in [0.29, 0.717) is 11.3 Å². The van der Waals surface area contributed by atoms with Gasteiger partial charge in [0.1, 0.15) is 5.75 Å². The molecule has 0 saturated heterocycles. The van der Waals surface area contributed by atoms with Crippen LogP contribution in [-0.4, -0.2) is 53.9 Å². The second-order valence-corrected chi connectivity index (χ2v) is 8.04. The van der Waals surface area contributed by atoms with Gasteiger partial charge in [-0.3, -0.25) is 14.4 Å². The molecule has 1 aliphatic rings. The number of methoxy groups -OCH3 is 1. The number of likely N-dealkylation sites (N-methyl/N-ethyl adjacent to an activating group) is 1. The van der Waals surface area contributed by atoms with Gasteiger partial charge in [-0.25, -0.2) is 4.79 Å². The minimum Gasteiger partial charge on any atom is -1.00 e. The number of hydrogen-bond donors (Lipinski definition) is 3. The average Bonchev–Trinajstić information content (AvgIpc) is 2.79. The number of ketones is 1. The predicted octanol–water partition coefficient (Wildman–Crippen LogP) is -0.166. The van der Waals surface area contributed by atoms with Crippen LogP contribution in [0.4, 0.5) is 4.79 Å². The minimum absolute atomic E-state index is 0. The van der Waals surface area contributed by atoms with Crippen LogP contribution in [0.25, 0.3) is 11.1 Å². The first-order valence-electron chi connectivity index (χ1n) is 10.6. The number of benzene rings is 2. The summed E-state index contributed by atoms with van der Waals surface area (Å²) in [6, 6.07) is 8.18. The van der Waals surface area contributed by atoms with Gasteiger partial charge in [-0.2, -0.15) is 0 Å². The molecule has 3 amide bonds. The third kappa shape index (κ3) is 6.30. The number of nitrogens with zero attached hydrogens (tertiary/aromatic N) is 1. The number of ether oxygens (including phenoxy) is 1. The Labute approximate surface area is 227 Å². The summed E-state index contributed by atoms with van der Waals surface area (Å²) in [6.45, 7) is 3.81. The van der Waals surface area contributed by atoms with Crippen LogP contribution in [-0.2, 0) is 14.4 Å². The van der Waals surface area contributed by atoms with Crippen LogP contribution in [0.2, 0.25) is 0 Å².